The summed E-state index contributed by atoms with van der Waals surface area (Å²) in [4.78, 5) is 9.94. The van der Waals surface area contributed by atoms with Crippen molar-refractivity contribution in [2.45, 2.75) is 17.6 Å². The van der Waals surface area contributed by atoms with E-state index in [9.17, 15) is 31.5 Å². The maximum absolute atomic E-state index is 12.7. The molecule has 0 aliphatic heterocycles. The highest BCUT2D eigenvalue weighted by Crippen LogP contribution is 2.33. The zero-order valence-electron chi connectivity index (χ0n) is 12.3. The molecule has 2 aromatic carbocycles. The van der Waals surface area contributed by atoms with Crippen LogP contribution in [0.1, 0.15) is 21.5 Å². The SMILES string of the molecule is O=C([O-])c1ccc(CNS(=O)(=O)c2cc(C(F)(F)F)ccc2Cl)cc1. The molecular formula is C15H10ClF3NO4S-. The number of carbonyl (C=O) groups excluding carboxylic acids is 1. The van der Waals surface area contributed by atoms with E-state index in [4.69, 9.17) is 11.6 Å². The number of nitrogens with one attached hydrogen (secondary N) is 1. The number of carbonyl (C=O) groups is 1. The Morgan fingerprint density at radius 2 is 1.72 bits per heavy atom. The average molecular weight is 393 g/mol. The van der Waals surface area contributed by atoms with Crippen LogP contribution in [0.25, 0.3) is 0 Å². The highest BCUT2D eigenvalue weighted by atomic mass is 35.5. The van der Waals surface area contributed by atoms with Crippen LogP contribution in [0.3, 0.4) is 0 Å². The quantitative estimate of drug-likeness (QED) is 0.845. The number of sulfonamides is 1. The van der Waals surface area contributed by atoms with Gasteiger partial charge in [0, 0.05) is 6.54 Å². The zero-order valence-corrected chi connectivity index (χ0v) is 13.9. The van der Waals surface area contributed by atoms with Crippen molar-refractivity contribution >= 4 is 27.6 Å². The minimum Gasteiger partial charge on any atom is -0.545 e. The molecule has 25 heavy (non-hydrogen) atoms. The largest absolute Gasteiger partial charge is 0.545 e. The van der Waals surface area contributed by atoms with E-state index < -0.39 is 32.6 Å². The molecule has 0 atom stereocenters. The number of halogens is 4. The predicted molar refractivity (Wildman–Crippen MR) is 81.3 cm³/mol. The Balaban J connectivity index is 2.23. The number of hydrogen-bond acceptors (Lipinski definition) is 4. The normalized spacial score (nSPS) is 12.2. The van der Waals surface area contributed by atoms with Crippen LogP contribution in [0, 0.1) is 0 Å². The van der Waals surface area contributed by atoms with Crippen molar-refractivity contribution in [3.63, 3.8) is 0 Å². The molecule has 0 aliphatic rings. The van der Waals surface area contributed by atoms with Gasteiger partial charge in [-0.15, -0.1) is 0 Å². The number of carboxylic acid groups (broad SMARTS) is 1. The first kappa shape index (κ1) is 19.2. The molecule has 0 spiro atoms. The van der Waals surface area contributed by atoms with Crippen molar-refractivity contribution in [3.8, 4) is 0 Å². The maximum Gasteiger partial charge on any atom is 0.416 e. The maximum atomic E-state index is 12.7. The van der Waals surface area contributed by atoms with E-state index in [-0.39, 0.29) is 17.1 Å². The zero-order chi connectivity index (χ0) is 18.8. The summed E-state index contributed by atoms with van der Waals surface area (Å²) >= 11 is 5.71. The Labute approximate surface area is 146 Å². The van der Waals surface area contributed by atoms with Crippen molar-refractivity contribution in [2.75, 3.05) is 0 Å². The Kier molecular flexibility index (Phi) is 5.40. The molecule has 0 bridgehead atoms. The molecule has 1 N–H and O–H groups in total. The average Bonchev–Trinajstić information content (AvgIpc) is 2.52. The van der Waals surface area contributed by atoms with Gasteiger partial charge in [0.05, 0.1) is 16.6 Å². The molecule has 0 saturated heterocycles. The van der Waals surface area contributed by atoms with Gasteiger partial charge < -0.3 is 9.90 Å². The summed E-state index contributed by atoms with van der Waals surface area (Å²) in [5, 5.41) is 10.3. The minimum atomic E-state index is -4.71. The van der Waals surface area contributed by atoms with E-state index in [1.165, 1.54) is 24.3 Å². The van der Waals surface area contributed by atoms with Crippen LogP contribution < -0.4 is 9.83 Å². The number of benzene rings is 2. The van der Waals surface area contributed by atoms with Crippen molar-refractivity contribution in [3.05, 3.63) is 64.2 Å². The van der Waals surface area contributed by atoms with Gasteiger partial charge in [0.1, 0.15) is 4.90 Å². The van der Waals surface area contributed by atoms with Gasteiger partial charge in [0.25, 0.3) is 0 Å². The van der Waals surface area contributed by atoms with E-state index >= 15 is 0 Å². The molecule has 0 amide bonds. The van der Waals surface area contributed by atoms with Gasteiger partial charge in [-0.05, 0) is 29.3 Å². The van der Waals surface area contributed by atoms with Crippen molar-refractivity contribution in [2.24, 2.45) is 0 Å². The summed E-state index contributed by atoms with van der Waals surface area (Å²) in [6.45, 7) is -0.262. The molecule has 5 nitrogen and oxygen atoms in total. The van der Waals surface area contributed by atoms with Gasteiger partial charge >= 0.3 is 6.18 Å². The summed E-state index contributed by atoms with van der Waals surface area (Å²) < 4.78 is 64.7. The van der Waals surface area contributed by atoms with Crippen LogP contribution >= 0.6 is 11.6 Å². The molecule has 10 heteroatoms. The first-order chi connectivity index (χ1) is 11.5. The first-order valence-electron chi connectivity index (χ1n) is 6.67. The molecule has 0 heterocycles. The third-order valence-electron chi connectivity index (χ3n) is 3.20. The Morgan fingerprint density at radius 3 is 2.24 bits per heavy atom. The van der Waals surface area contributed by atoms with Crippen LogP contribution in [0.15, 0.2) is 47.4 Å². The molecule has 2 rings (SSSR count). The van der Waals surface area contributed by atoms with Crippen LogP contribution in [-0.2, 0) is 22.7 Å². The summed E-state index contributed by atoms with van der Waals surface area (Å²) in [5.41, 5.74) is -0.834. The standard InChI is InChI=1S/C15H11ClF3NO4S/c16-12-6-5-11(15(17,18)19)7-13(12)25(23,24)20-8-9-1-3-10(4-2-9)14(21)22/h1-7,20H,8H2,(H,21,22)/p-1. The number of aromatic carboxylic acids is 1. The summed E-state index contributed by atoms with van der Waals surface area (Å²) in [7, 11) is -4.31. The van der Waals surface area contributed by atoms with E-state index in [2.05, 4.69) is 4.72 Å². The molecule has 134 valence electrons. The van der Waals surface area contributed by atoms with E-state index in [0.717, 1.165) is 6.07 Å². The van der Waals surface area contributed by atoms with Crippen molar-refractivity contribution in [1.82, 2.24) is 4.72 Å². The lowest BCUT2D eigenvalue weighted by Gasteiger charge is -2.12. The lowest BCUT2D eigenvalue weighted by Crippen LogP contribution is -2.24. The van der Waals surface area contributed by atoms with Crippen LogP contribution in [0.5, 0.6) is 0 Å². The van der Waals surface area contributed by atoms with Crippen LogP contribution in [0.4, 0.5) is 13.2 Å². The topological polar surface area (TPSA) is 86.3 Å². The highest BCUT2D eigenvalue weighted by Gasteiger charge is 2.32. The Morgan fingerprint density at radius 1 is 1.12 bits per heavy atom. The van der Waals surface area contributed by atoms with E-state index in [1.807, 2.05) is 0 Å². The second kappa shape index (κ2) is 7.03. The summed E-state index contributed by atoms with van der Waals surface area (Å²) in [6.07, 6.45) is -4.71. The highest BCUT2D eigenvalue weighted by molar-refractivity contribution is 7.89. The smallest absolute Gasteiger partial charge is 0.416 e. The second-order valence-electron chi connectivity index (χ2n) is 4.95. The molecule has 0 fully saturated rings. The van der Waals surface area contributed by atoms with Crippen molar-refractivity contribution < 1.29 is 31.5 Å². The fourth-order valence-electron chi connectivity index (χ4n) is 1.90. The molecule has 2 aromatic rings. The van der Waals surface area contributed by atoms with Gasteiger partial charge in [0.2, 0.25) is 10.0 Å². The van der Waals surface area contributed by atoms with Crippen LogP contribution in [-0.4, -0.2) is 14.4 Å². The number of hydrogen-bond donors (Lipinski definition) is 1. The van der Waals surface area contributed by atoms with Gasteiger partial charge in [-0.3, -0.25) is 0 Å². The molecule has 0 aromatic heterocycles. The summed E-state index contributed by atoms with van der Waals surface area (Å²) in [5.74, 6) is -1.39. The van der Waals surface area contributed by atoms with Crippen molar-refractivity contribution in [1.29, 1.82) is 0 Å². The number of alkyl halides is 3. The van der Waals surface area contributed by atoms with Gasteiger partial charge in [-0.1, -0.05) is 35.9 Å². The predicted octanol–water partition coefficient (Wildman–Crippen LogP) is 2.20. The second-order valence-corrected chi connectivity index (χ2v) is 7.09. The van der Waals surface area contributed by atoms with E-state index in [0.29, 0.717) is 17.7 Å². The molecule has 0 saturated carbocycles. The Hall–Kier alpha value is -2.10. The molecule has 0 unspecified atom stereocenters. The van der Waals surface area contributed by atoms with Gasteiger partial charge in [0.15, 0.2) is 0 Å². The van der Waals surface area contributed by atoms with Gasteiger partial charge in [-0.25, -0.2) is 13.1 Å². The third kappa shape index (κ3) is 4.71. The summed E-state index contributed by atoms with van der Waals surface area (Å²) in [6, 6.07) is 7.12. The number of rotatable bonds is 5. The van der Waals surface area contributed by atoms with Gasteiger partial charge in [-0.2, -0.15) is 13.2 Å². The lowest BCUT2D eigenvalue weighted by atomic mass is 10.1. The molecule has 0 aliphatic carbocycles. The first-order valence-corrected chi connectivity index (χ1v) is 8.53. The fraction of sp³-hybridized carbons (Fsp3) is 0.133. The monoisotopic (exact) mass is 392 g/mol. The fourth-order valence-corrected chi connectivity index (χ4v) is 3.44. The third-order valence-corrected chi connectivity index (χ3v) is 5.09. The molecule has 0 radical (unpaired) electrons. The van der Waals surface area contributed by atoms with E-state index in [1.54, 1.807) is 0 Å². The lowest BCUT2D eigenvalue weighted by molar-refractivity contribution is -0.255. The molecular weight excluding hydrogens is 383 g/mol. The van der Waals surface area contributed by atoms with Crippen LogP contribution in [0.2, 0.25) is 5.02 Å². The minimum absolute atomic E-state index is 0.0903. The number of carboxylic acids is 1. The Bertz CT molecular complexity index is 896.